The lowest BCUT2D eigenvalue weighted by Gasteiger charge is -2.10. The highest BCUT2D eigenvalue weighted by molar-refractivity contribution is 8.00. The summed E-state index contributed by atoms with van der Waals surface area (Å²) in [4.78, 5) is 12.5. The van der Waals surface area contributed by atoms with Gasteiger partial charge in [0.15, 0.2) is 5.78 Å². The first kappa shape index (κ1) is 16.3. The third-order valence-corrected chi connectivity index (χ3v) is 4.53. The molecule has 1 aromatic heterocycles. The van der Waals surface area contributed by atoms with Crippen molar-refractivity contribution in [2.75, 3.05) is 0 Å². The number of nitrogens with zero attached hydrogens (tertiary/aromatic N) is 4. The highest BCUT2D eigenvalue weighted by Crippen LogP contribution is 2.25. The Bertz CT molecular complexity index is 846. The van der Waals surface area contributed by atoms with Crippen LogP contribution in [0.5, 0.6) is 0 Å². The number of thioether (sulfide) groups is 1. The number of aromatic nitrogens is 4. The molecule has 0 bridgehead atoms. The highest BCUT2D eigenvalue weighted by Gasteiger charge is 2.20. The molecule has 0 aliphatic carbocycles. The summed E-state index contributed by atoms with van der Waals surface area (Å²) in [5.41, 5.74) is 2.43. The number of halogens is 1. The predicted molar refractivity (Wildman–Crippen MR) is 89.9 cm³/mol. The van der Waals surface area contributed by atoms with Crippen molar-refractivity contribution in [3.05, 3.63) is 65.5 Å². The van der Waals surface area contributed by atoms with E-state index in [0.29, 0.717) is 10.7 Å². The first-order valence-electron chi connectivity index (χ1n) is 7.36. The zero-order valence-corrected chi connectivity index (χ0v) is 14.0. The van der Waals surface area contributed by atoms with Crippen molar-refractivity contribution in [3.63, 3.8) is 0 Å². The number of tetrazole rings is 1. The SMILES string of the molecule is Cc1ccc(-n2nnnc2S[C@@H](C)C(=O)c2ccc(F)cc2)cc1. The van der Waals surface area contributed by atoms with Gasteiger partial charge in [0, 0.05) is 5.56 Å². The van der Waals surface area contributed by atoms with Crippen LogP contribution in [0.3, 0.4) is 0 Å². The summed E-state index contributed by atoms with van der Waals surface area (Å²) in [5, 5.41) is 11.8. The van der Waals surface area contributed by atoms with Crippen LogP contribution in [0.15, 0.2) is 53.7 Å². The monoisotopic (exact) mass is 342 g/mol. The average Bonchev–Trinajstić information content (AvgIpc) is 3.03. The molecule has 0 aliphatic rings. The van der Waals surface area contributed by atoms with Crippen molar-refractivity contribution < 1.29 is 9.18 Å². The Labute approximate surface area is 142 Å². The number of rotatable bonds is 5. The van der Waals surface area contributed by atoms with E-state index >= 15 is 0 Å². The van der Waals surface area contributed by atoms with Gasteiger partial charge in [0.1, 0.15) is 5.82 Å². The Morgan fingerprint density at radius 2 is 1.79 bits per heavy atom. The van der Waals surface area contributed by atoms with Gasteiger partial charge in [-0.15, -0.1) is 5.10 Å². The lowest BCUT2D eigenvalue weighted by molar-refractivity contribution is 0.0994. The van der Waals surface area contributed by atoms with E-state index < -0.39 is 5.25 Å². The Hall–Kier alpha value is -2.54. The molecule has 0 radical (unpaired) electrons. The van der Waals surface area contributed by atoms with Crippen molar-refractivity contribution >= 4 is 17.5 Å². The molecular weight excluding hydrogens is 327 g/mol. The molecule has 122 valence electrons. The molecule has 0 aliphatic heterocycles. The zero-order chi connectivity index (χ0) is 17.1. The molecule has 0 saturated heterocycles. The van der Waals surface area contributed by atoms with Crippen molar-refractivity contribution in [1.82, 2.24) is 20.2 Å². The number of carbonyl (C=O) groups is 1. The van der Waals surface area contributed by atoms with Crippen LogP contribution in [0.1, 0.15) is 22.8 Å². The van der Waals surface area contributed by atoms with Gasteiger partial charge < -0.3 is 0 Å². The molecule has 0 spiro atoms. The van der Waals surface area contributed by atoms with Crippen LogP contribution in [-0.2, 0) is 0 Å². The summed E-state index contributed by atoms with van der Waals surface area (Å²) in [5.74, 6) is -0.464. The van der Waals surface area contributed by atoms with Gasteiger partial charge in [0.25, 0.3) is 0 Å². The van der Waals surface area contributed by atoms with E-state index in [0.717, 1.165) is 11.3 Å². The second-order valence-corrected chi connectivity index (χ2v) is 6.65. The topological polar surface area (TPSA) is 60.7 Å². The van der Waals surface area contributed by atoms with Crippen LogP contribution in [0.4, 0.5) is 4.39 Å². The molecule has 7 heteroatoms. The van der Waals surface area contributed by atoms with E-state index in [4.69, 9.17) is 0 Å². The van der Waals surface area contributed by atoms with E-state index in [-0.39, 0.29) is 11.6 Å². The molecule has 0 fully saturated rings. The number of benzene rings is 2. The molecule has 24 heavy (non-hydrogen) atoms. The fourth-order valence-electron chi connectivity index (χ4n) is 2.16. The fourth-order valence-corrected chi connectivity index (χ4v) is 3.05. The normalized spacial score (nSPS) is 12.1. The molecule has 5 nitrogen and oxygen atoms in total. The number of carbonyl (C=O) groups excluding carboxylic acids is 1. The lowest BCUT2D eigenvalue weighted by atomic mass is 10.1. The third kappa shape index (κ3) is 3.51. The van der Waals surface area contributed by atoms with Crippen molar-refractivity contribution in [1.29, 1.82) is 0 Å². The highest BCUT2D eigenvalue weighted by atomic mass is 32.2. The Morgan fingerprint density at radius 3 is 2.46 bits per heavy atom. The molecule has 0 saturated carbocycles. The molecule has 1 atom stereocenters. The summed E-state index contributed by atoms with van der Waals surface area (Å²) in [7, 11) is 0. The Balaban J connectivity index is 1.79. The number of aryl methyl sites for hydroxylation is 1. The lowest BCUT2D eigenvalue weighted by Crippen LogP contribution is -2.14. The summed E-state index contributed by atoms with van der Waals surface area (Å²) in [6.07, 6.45) is 0. The van der Waals surface area contributed by atoms with Crippen LogP contribution in [0, 0.1) is 12.7 Å². The van der Waals surface area contributed by atoms with Crippen LogP contribution in [0.25, 0.3) is 5.69 Å². The fraction of sp³-hybridized carbons (Fsp3) is 0.176. The van der Waals surface area contributed by atoms with Gasteiger partial charge in [-0.25, -0.2) is 4.39 Å². The third-order valence-electron chi connectivity index (χ3n) is 3.50. The largest absolute Gasteiger partial charge is 0.293 e. The number of hydrogen-bond donors (Lipinski definition) is 0. The minimum atomic E-state index is -0.398. The van der Waals surface area contributed by atoms with Crippen LogP contribution in [0.2, 0.25) is 0 Å². The van der Waals surface area contributed by atoms with Crippen molar-refractivity contribution in [2.45, 2.75) is 24.3 Å². The Kier molecular flexibility index (Phi) is 4.71. The van der Waals surface area contributed by atoms with E-state index in [2.05, 4.69) is 15.5 Å². The van der Waals surface area contributed by atoms with Crippen molar-refractivity contribution in [3.8, 4) is 5.69 Å². The maximum Gasteiger partial charge on any atom is 0.214 e. The standard InChI is InChI=1S/C17H15FN4OS/c1-11-3-9-15(10-4-11)22-17(19-20-21-22)24-12(2)16(23)13-5-7-14(18)8-6-13/h3-10,12H,1-2H3/t12-/m0/s1. The molecule has 0 N–H and O–H groups in total. The molecule has 1 heterocycles. The summed E-state index contributed by atoms with van der Waals surface area (Å²) in [6.45, 7) is 3.78. The second kappa shape index (κ2) is 6.92. The molecule has 0 amide bonds. The van der Waals surface area contributed by atoms with Crippen LogP contribution in [-0.4, -0.2) is 31.2 Å². The predicted octanol–water partition coefficient (Wildman–Crippen LogP) is 3.47. The number of ketones is 1. The van der Waals surface area contributed by atoms with Gasteiger partial charge in [-0.3, -0.25) is 4.79 Å². The molecule has 0 unspecified atom stereocenters. The Morgan fingerprint density at radius 1 is 1.12 bits per heavy atom. The van der Waals surface area contributed by atoms with Gasteiger partial charge in [-0.2, -0.15) is 4.68 Å². The molecular formula is C17H15FN4OS. The van der Waals surface area contributed by atoms with E-state index in [1.807, 2.05) is 31.2 Å². The van der Waals surface area contributed by atoms with Gasteiger partial charge >= 0.3 is 0 Å². The van der Waals surface area contributed by atoms with E-state index in [9.17, 15) is 9.18 Å². The van der Waals surface area contributed by atoms with Crippen LogP contribution < -0.4 is 0 Å². The average molecular weight is 342 g/mol. The second-order valence-electron chi connectivity index (χ2n) is 5.34. The summed E-state index contributed by atoms with van der Waals surface area (Å²) < 4.78 is 14.6. The van der Waals surface area contributed by atoms with Gasteiger partial charge in [0.05, 0.1) is 10.9 Å². The molecule has 2 aromatic carbocycles. The first-order valence-corrected chi connectivity index (χ1v) is 8.24. The zero-order valence-electron chi connectivity index (χ0n) is 13.2. The van der Waals surface area contributed by atoms with Gasteiger partial charge in [0.2, 0.25) is 5.16 Å². The maximum absolute atomic E-state index is 13.0. The van der Waals surface area contributed by atoms with Crippen LogP contribution >= 0.6 is 11.8 Å². The van der Waals surface area contributed by atoms with E-state index in [1.165, 1.54) is 36.0 Å². The minimum absolute atomic E-state index is 0.0987. The maximum atomic E-state index is 13.0. The van der Waals surface area contributed by atoms with Gasteiger partial charge in [-0.1, -0.05) is 29.5 Å². The first-order chi connectivity index (χ1) is 11.5. The molecule has 3 aromatic rings. The number of Topliss-reactive ketones (excluding diaryl/α,β-unsaturated/α-hetero) is 1. The summed E-state index contributed by atoms with van der Waals surface area (Å²) >= 11 is 1.27. The van der Waals surface area contributed by atoms with Gasteiger partial charge in [-0.05, 0) is 60.7 Å². The number of hydrogen-bond acceptors (Lipinski definition) is 5. The molecule has 3 rings (SSSR count). The summed E-state index contributed by atoms with van der Waals surface area (Å²) in [6, 6.07) is 13.3. The van der Waals surface area contributed by atoms with Crippen molar-refractivity contribution in [2.24, 2.45) is 0 Å². The smallest absolute Gasteiger partial charge is 0.214 e. The quantitative estimate of drug-likeness (QED) is 0.525. The van der Waals surface area contributed by atoms with E-state index in [1.54, 1.807) is 11.6 Å². The minimum Gasteiger partial charge on any atom is -0.293 e.